The highest BCUT2D eigenvalue weighted by Crippen LogP contribution is 2.36. The third-order valence-corrected chi connectivity index (χ3v) is 3.43. The first-order chi connectivity index (χ1) is 10.8. The molecule has 23 heavy (non-hydrogen) atoms. The summed E-state index contributed by atoms with van der Waals surface area (Å²) in [7, 11) is 1.48. The van der Waals surface area contributed by atoms with E-state index in [2.05, 4.69) is 5.32 Å². The second kappa shape index (κ2) is 6.91. The number of hydrogen-bond acceptors (Lipinski definition) is 2. The van der Waals surface area contributed by atoms with E-state index in [4.69, 9.17) is 16.3 Å². The lowest BCUT2D eigenvalue weighted by atomic mass is 10.1. The highest BCUT2D eigenvalue weighted by Gasteiger charge is 2.33. The summed E-state index contributed by atoms with van der Waals surface area (Å²) in [6, 6.07) is 10.1. The molecule has 0 saturated carbocycles. The number of rotatable bonds is 4. The highest BCUT2D eigenvalue weighted by atomic mass is 35.5. The predicted octanol–water partition coefficient (Wildman–Crippen LogP) is 4.55. The van der Waals surface area contributed by atoms with Gasteiger partial charge in [0.15, 0.2) is 0 Å². The molecule has 2 aromatic rings. The Labute approximate surface area is 136 Å². The minimum Gasteiger partial charge on any atom is -0.496 e. The van der Waals surface area contributed by atoms with Crippen molar-refractivity contribution in [3.8, 4) is 5.75 Å². The molecule has 0 spiro atoms. The zero-order valence-corrected chi connectivity index (χ0v) is 12.8. The molecule has 0 aliphatic rings. The second-order valence-corrected chi connectivity index (χ2v) is 5.14. The SMILES string of the molecule is COc1ccccc1CC(=O)Nc1ccc(Cl)c(C(F)(F)F)c1. The fraction of sp³-hybridized carbons (Fsp3) is 0.188. The molecule has 7 heteroatoms. The van der Waals surface area contributed by atoms with E-state index in [1.807, 2.05) is 0 Å². The molecule has 0 saturated heterocycles. The number of hydrogen-bond donors (Lipinski definition) is 1. The fourth-order valence-corrected chi connectivity index (χ4v) is 2.27. The topological polar surface area (TPSA) is 38.3 Å². The average Bonchev–Trinajstić information content (AvgIpc) is 2.48. The lowest BCUT2D eigenvalue weighted by molar-refractivity contribution is -0.137. The molecule has 0 heterocycles. The van der Waals surface area contributed by atoms with E-state index in [1.54, 1.807) is 24.3 Å². The number of carbonyl (C=O) groups excluding carboxylic acids is 1. The molecule has 122 valence electrons. The maximum Gasteiger partial charge on any atom is 0.417 e. The summed E-state index contributed by atoms with van der Waals surface area (Å²) < 4.78 is 43.5. The molecule has 0 aliphatic heterocycles. The summed E-state index contributed by atoms with van der Waals surface area (Å²) in [5, 5.41) is 2.01. The smallest absolute Gasteiger partial charge is 0.417 e. The third kappa shape index (κ3) is 4.39. The number of benzene rings is 2. The zero-order chi connectivity index (χ0) is 17.0. The number of para-hydroxylation sites is 1. The van der Waals surface area contributed by atoms with Crippen LogP contribution in [0, 0.1) is 0 Å². The first-order valence-electron chi connectivity index (χ1n) is 6.59. The van der Waals surface area contributed by atoms with Crippen LogP contribution in [0.5, 0.6) is 5.75 Å². The largest absolute Gasteiger partial charge is 0.496 e. The van der Waals surface area contributed by atoms with Crippen molar-refractivity contribution in [1.29, 1.82) is 0 Å². The van der Waals surface area contributed by atoms with Gasteiger partial charge < -0.3 is 10.1 Å². The van der Waals surface area contributed by atoms with E-state index in [9.17, 15) is 18.0 Å². The summed E-state index contributed by atoms with van der Waals surface area (Å²) in [6.07, 6.45) is -4.60. The molecular weight excluding hydrogens is 331 g/mol. The van der Waals surface area contributed by atoms with Gasteiger partial charge in [-0.25, -0.2) is 0 Å². The van der Waals surface area contributed by atoms with Crippen LogP contribution < -0.4 is 10.1 Å². The number of anilines is 1. The predicted molar refractivity (Wildman–Crippen MR) is 81.8 cm³/mol. The number of methoxy groups -OCH3 is 1. The Hall–Kier alpha value is -2.21. The van der Waals surface area contributed by atoms with Crippen molar-refractivity contribution in [3.05, 3.63) is 58.6 Å². The Morgan fingerprint density at radius 2 is 1.91 bits per heavy atom. The van der Waals surface area contributed by atoms with E-state index in [-0.39, 0.29) is 12.1 Å². The van der Waals surface area contributed by atoms with Gasteiger partial charge in [0.1, 0.15) is 5.75 Å². The van der Waals surface area contributed by atoms with Crippen LogP contribution in [-0.4, -0.2) is 13.0 Å². The molecule has 0 bridgehead atoms. The number of nitrogens with one attached hydrogen (secondary N) is 1. The molecule has 0 fully saturated rings. The van der Waals surface area contributed by atoms with Gasteiger partial charge in [-0.2, -0.15) is 13.2 Å². The number of ether oxygens (including phenoxy) is 1. The summed E-state index contributed by atoms with van der Waals surface area (Å²) in [5.41, 5.74) is -0.326. The minimum absolute atomic E-state index is 0.0199. The number of amides is 1. The van der Waals surface area contributed by atoms with Gasteiger partial charge in [-0.3, -0.25) is 4.79 Å². The van der Waals surface area contributed by atoms with E-state index in [0.29, 0.717) is 11.3 Å². The molecule has 0 unspecified atom stereocenters. The van der Waals surface area contributed by atoms with Gasteiger partial charge in [0.2, 0.25) is 5.91 Å². The van der Waals surface area contributed by atoms with Crippen molar-refractivity contribution in [2.24, 2.45) is 0 Å². The Balaban J connectivity index is 2.15. The van der Waals surface area contributed by atoms with Gasteiger partial charge in [0.05, 0.1) is 24.1 Å². The fourth-order valence-electron chi connectivity index (χ4n) is 2.05. The first kappa shape index (κ1) is 17.1. The molecule has 0 atom stereocenters. The van der Waals surface area contributed by atoms with Gasteiger partial charge in [-0.1, -0.05) is 29.8 Å². The van der Waals surface area contributed by atoms with E-state index < -0.39 is 22.7 Å². The summed E-state index contributed by atoms with van der Waals surface area (Å²) >= 11 is 5.54. The minimum atomic E-state index is -4.58. The van der Waals surface area contributed by atoms with Crippen LogP contribution in [0.2, 0.25) is 5.02 Å². The molecule has 1 N–H and O–H groups in total. The Bertz CT molecular complexity index is 717. The highest BCUT2D eigenvalue weighted by molar-refractivity contribution is 6.31. The van der Waals surface area contributed by atoms with Crippen LogP contribution in [0.25, 0.3) is 0 Å². The van der Waals surface area contributed by atoms with Crippen LogP contribution in [0.3, 0.4) is 0 Å². The van der Waals surface area contributed by atoms with Crippen LogP contribution in [-0.2, 0) is 17.4 Å². The Morgan fingerprint density at radius 1 is 1.22 bits per heavy atom. The Morgan fingerprint density at radius 3 is 2.57 bits per heavy atom. The van der Waals surface area contributed by atoms with Crippen molar-refractivity contribution in [3.63, 3.8) is 0 Å². The van der Waals surface area contributed by atoms with Crippen LogP contribution in [0.4, 0.5) is 18.9 Å². The van der Waals surface area contributed by atoms with Crippen molar-refractivity contribution >= 4 is 23.2 Å². The van der Waals surface area contributed by atoms with Gasteiger partial charge in [0.25, 0.3) is 0 Å². The van der Waals surface area contributed by atoms with E-state index >= 15 is 0 Å². The quantitative estimate of drug-likeness (QED) is 0.884. The van der Waals surface area contributed by atoms with Gasteiger partial charge >= 0.3 is 6.18 Å². The third-order valence-electron chi connectivity index (χ3n) is 3.10. The summed E-state index contributed by atoms with van der Waals surface area (Å²) in [4.78, 5) is 12.0. The number of carbonyl (C=O) groups is 1. The monoisotopic (exact) mass is 343 g/mol. The van der Waals surface area contributed by atoms with Crippen molar-refractivity contribution in [2.75, 3.05) is 12.4 Å². The first-order valence-corrected chi connectivity index (χ1v) is 6.97. The van der Waals surface area contributed by atoms with E-state index in [0.717, 1.165) is 12.1 Å². The van der Waals surface area contributed by atoms with Crippen LogP contribution in [0.15, 0.2) is 42.5 Å². The number of halogens is 4. The Kier molecular flexibility index (Phi) is 5.15. The van der Waals surface area contributed by atoms with Crippen LogP contribution in [0.1, 0.15) is 11.1 Å². The van der Waals surface area contributed by atoms with Crippen molar-refractivity contribution < 1.29 is 22.7 Å². The normalized spacial score (nSPS) is 11.2. The lowest BCUT2D eigenvalue weighted by Crippen LogP contribution is -2.16. The molecule has 0 aromatic heterocycles. The standard InChI is InChI=1S/C16H13ClF3NO2/c1-23-14-5-3-2-4-10(14)8-15(22)21-11-6-7-13(17)12(9-11)16(18,19)20/h2-7,9H,8H2,1H3,(H,21,22). The average molecular weight is 344 g/mol. The zero-order valence-electron chi connectivity index (χ0n) is 12.1. The van der Waals surface area contributed by atoms with E-state index in [1.165, 1.54) is 13.2 Å². The van der Waals surface area contributed by atoms with Gasteiger partial charge in [-0.05, 0) is 24.3 Å². The summed E-state index contributed by atoms with van der Waals surface area (Å²) in [5.74, 6) is 0.0830. The molecule has 2 aromatic carbocycles. The lowest BCUT2D eigenvalue weighted by Gasteiger charge is -2.12. The molecule has 3 nitrogen and oxygen atoms in total. The maximum absolute atomic E-state index is 12.8. The summed E-state index contributed by atoms with van der Waals surface area (Å²) in [6.45, 7) is 0. The number of alkyl halides is 3. The second-order valence-electron chi connectivity index (χ2n) is 4.73. The van der Waals surface area contributed by atoms with Crippen molar-refractivity contribution in [2.45, 2.75) is 12.6 Å². The molecular formula is C16H13ClF3NO2. The van der Waals surface area contributed by atoms with Gasteiger partial charge in [0, 0.05) is 11.3 Å². The van der Waals surface area contributed by atoms with Gasteiger partial charge in [-0.15, -0.1) is 0 Å². The maximum atomic E-state index is 12.8. The molecule has 0 aliphatic carbocycles. The molecule has 1 amide bonds. The molecule has 2 rings (SSSR count). The van der Waals surface area contributed by atoms with Crippen molar-refractivity contribution in [1.82, 2.24) is 0 Å². The van der Waals surface area contributed by atoms with Crippen LogP contribution >= 0.6 is 11.6 Å². The molecule has 0 radical (unpaired) electrons.